The predicted octanol–water partition coefficient (Wildman–Crippen LogP) is 1.79. The third kappa shape index (κ3) is 8.18. The number of hydrogen-bond acceptors (Lipinski definition) is 1. The lowest BCUT2D eigenvalue weighted by atomic mass is 10.1. The maximum absolute atomic E-state index is 11.6. The lowest BCUT2D eigenvalue weighted by Gasteiger charge is -2.01. The van der Waals surface area contributed by atoms with E-state index in [-0.39, 0.29) is 31.6 Å². The van der Waals surface area contributed by atoms with Gasteiger partial charge in [0.2, 0.25) is 0 Å². The molecule has 0 amide bonds. The maximum atomic E-state index is 11.6. The Kier molecular flexibility index (Phi) is 10.8. The van der Waals surface area contributed by atoms with Gasteiger partial charge in [-0.1, -0.05) is 6.92 Å². The van der Waals surface area contributed by atoms with Crippen molar-refractivity contribution in [3.8, 4) is 0 Å². The highest BCUT2D eigenvalue weighted by Gasteiger charge is 1.97. The van der Waals surface area contributed by atoms with E-state index in [0.29, 0.717) is 0 Å². The van der Waals surface area contributed by atoms with Crippen LogP contribution in [0.1, 0.15) is 19.8 Å². The van der Waals surface area contributed by atoms with Crippen molar-refractivity contribution in [2.45, 2.75) is 19.8 Å². The molecular formula is C6H14ClFO. The molecule has 0 aliphatic heterocycles. The van der Waals surface area contributed by atoms with Crippen LogP contribution in [0.15, 0.2) is 0 Å². The molecule has 58 valence electrons. The molecule has 0 spiro atoms. The van der Waals surface area contributed by atoms with Gasteiger partial charge in [0.05, 0.1) is 6.67 Å². The van der Waals surface area contributed by atoms with Crippen molar-refractivity contribution in [2.24, 2.45) is 5.92 Å². The van der Waals surface area contributed by atoms with E-state index in [1.165, 1.54) is 0 Å². The number of aliphatic hydroxyl groups is 1. The van der Waals surface area contributed by atoms with Gasteiger partial charge >= 0.3 is 0 Å². The fraction of sp³-hybridized carbons (Fsp3) is 1.00. The fourth-order valence-electron chi connectivity index (χ4n) is 0.517. The molecule has 0 saturated carbocycles. The average Bonchev–Trinajstić information content (AvgIpc) is 1.83. The van der Waals surface area contributed by atoms with Gasteiger partial charge in [0.15, 0.2) is 0 Å². The van der Waals surface area contributed by atoms with Crippen LogP contribution < -0.4 is 0 Å². The minimum Gasteiger partial charge on any atom is -0.396 e. The van der Waals surface area contributed by atoms with Crippen LogP contribution in [-0.4, -0.2) is 18.4 Å². The van der Waals surface area contributed by atoms with Gasteiger partial charge in [0, 0.05) is 6.61 Å². The highest BCUT2D eigenvalue weighted by molar-refractivity contribution is 5.85. The molecule has 0 saturated heterocycles. The van der Waals surface area contributed by atoms with Gasteiger partial charge < -0.3 is 5.11 Å². The first-order valence-electron chi connectivity index (χ1n) is 2.98. The van der Waals surface area contributed by atoms with Crippen LogP contribution >= 0.6 is 12.4 Å². The van der Waals surface area contributed by atoms with Crippen molar-refractivity contribution >= 4 is 12.4 Å². The van der Waals surface area contributed by atoms with Crippen molar-refractivity contribution in [1.82, 2.24) is 0 Å². The number of hydrogen-bond donors (Lipinski definition) is 1. The Balaban J connectivity index is 0. The second kappa shape index (κ2) is 8.18. The van der Waals surface area contributed by atoms with Gasteiger partial charge in [-0.2, -0.15) is 0 Å². The first-order chi connectivity index (χ1) is 3.81. The van der Waals surface area contributed by atoms with Gasteiger partial charge in [-0.25, -0.2) is 0 Å². The van der Waals surface area contributed by atoms with Gasteiger partial charge in [0.25, 0.3) is 0 Å². The molecule has 1 N–H and O–H groups in total. The van der Waals surface area contributed by atoms with Gasteiger partial charge in [-0.15, -0.1) is 12.4 Å². The van der Waals surface area contributed by atoms with Crippen LogP contribution in [0, 0.1) is 5.92 Å². The summed E-state index contributed by atoms with van der Waals surface area (Å²) in [6, 6.07) is 0. The summed E-state index contributed by atoms with van der Waals surface area (Å²) in [5.74, 6) is 0.127. The summed E-state index contributed by atoms with van der Waals surface area (Å²) in [6.07, 6.45) is 1.53. The highest BCUT2D eigenvalue weighted by atomic mass is 35.5. The first-order valence-corrected chi connectivity index (χ1v) is 2.98. The SMILES string of the molecule is CC(CF)CCCO.Cl. The lowest BCUT2D eigenvalue weighted by molar-refractivity contribution is 0.263. The Hall–Kier alpha value is 0.180. The van der Waals surface area contributed by atoms with Gasteiger partial charge in [0.1, 0.15) is 0 Å². The third-order valence-electron chi connectivity index (χ3n) is 1.12. The molecule has 0 aromatic rings. The molecule has 0 aromatic carbocycles. The van der Waals surface area contributed by atoms with E-state index in [2.05, 4.69) is 0 Å². The molecule has 0 aliphatic rings. The zero-order chi connectivity index (χ0) is 6.41. The Morgan fingerprint density at radius 2 is 2.11 bits per heavy atom. The smallest absolute Gasteiger partial charge is 0.0919 e. The summed E-state index contributed by atoms with van der Waals surface area (Å²) < 4.78 is 11.6. The summed E-state index contributed by atoms with van der Waals surface area (Å²) in [5, 5.41) is 8.29. The van der Waals surface area contributed by atoms with Crippen molar-refractivity contribution in [3.05, 3.63) is 0 Å². The molecule has 1 atom stereocenters. The number of alkyl halides is 1. The van der Waals surface area contributed by atoms with E-state index in [1.54, 1.807) is 0 Å². The van der Waals surface area contributed by atoms with E-state index >= 15 is 0 Å². The molecule has 1 unspecified atom stereocenters. The molecule has 1 nitrogen and oxygen atoms in total. The second-order valence-corrected chi connectivity index (χ2v) is 2.13. The van der Waals surface area contributed by atoms with Gasteiger partial charge in [-0.05, 0) is 18.8 Å². The molecule has 0 aromatic heterocycles. The Labute approximate surface area is 61.7 Å². The zero-order valence-electron chi connectivity index (χ0n) is 5.64. The molecule has 3 heteroatoms. The largest absolute Gasteiger partial charge is 0.396 e. The minimum absolute atomic E-state index is 0. The molecule has 0 heterocycles. The molecule has 0 aliphatic carbocycles. The normalized spacial score (nSPS) is 12.3. The van der Waals surface area contributed by atoms with Crippen LogP contribution in [0.25, 0.3) is 0 Å². The van der Waals surface area contributed by atoms with Crippen LogP contribution in [0.2, 0.25) is 0 Å². The quantitative estimate of drug-likeness (QED) is 0.658. The summed E-state index contributed by atoms with van der Waals surface area (Å²) >= 11 is 0. The van der Waals surface area contributed by atoms with Crippen LogP contribution in [-0.2, 0) is 0 Å². The standard InChI is InChI=1S/C6H13FO.ClH/c1-6(5-7)3-2-4-8;/h6,8H,2-5H2,1H3;1H. The summed E-state index contributed by atoms with van der Waals surface area (Å²) in [5.41, 5.74) is 0. The number of rotatable bonds is 4. The number of halogens is 2. The topological polar surface area (TPSA) is 20.2 Å². The predicted molar refractivity (Wildman–Crippen MR) is 38.7 cm³/mol. The van der Waals surface area contributed by atoms with Crippen molar-refractivity contribution in [2.75, 3.05) is 13.3 Å². The molecule has 9 heavy (non-hydrogen) atoms. The molecule has 0 fully saturated rings. The summed E-state index contributed by atoms with van der Waals surface area (Å²) in [4.78, 5) is 0. The summed E-state index contributed by atoms with van der Waals surface area (Å²) in [6.45, 7) is 1.76. The lowest BCUT2D eigenvalue weighted by Crippen LogP contribution is -1.97. The van der Waals surface area contributed by atoms with E-state index in [0.717, 1.165) is 12.8 Å². The maximum Gasteiger partial charge on any atom is 0.0919 e. The monoisotopic (exact) mass is 156 g/mol. The van der Waals surface area contributed by atoms with Crippen LogP contribution in [0.4, 0.5) is 4.39 Å². The van der Waals surface area contributed by atoms with Gasteiger partial charge in [-0.3, -0.25) is 4.39 Å². The molecule has 0 rings (SSSR count). The van der Waals surface area contributed by atoms with Crippen molar-refractivity contribution in [3.63, 3.8) is 0 Å². The highest BCUT2D eigenvalue weighted by Crippen LogP contribution is 2.03. The van der Waals surface area contributed by atoms with Crippen LogP contribution in [0.3, 0.4) is 0 Å². The van der Waals surface area contributed by atoms with E-state index in [1.807, 2.05) is 6.92 Å². The van der Waals surface area contributed by atoms with Crippen molar-refractivity contribution in [1.29, 1.82) is 0 Å². The Morgan fingerprint density at radius 1 is 1.56 bits per heavy atom. The second-order valence-electron chi connectivity index (χ2n) is 2.13. The number of aliphatic hydroxyl groups excluding tert-OH is 1. The average molecular weight is 157 g/mol. The van der Waals surface area contributed by atoms with Crippen molar-refractivity contribution < 1.29 is 9.50 Å². The van der Waals surface area contributed by atoms with E-state index in [4.69, 9.17) is 5.11 Å². The minimum atomic E-state index is -0.264. The Bertz CT molecular complexity index is 52.3. The zero-order valence-corrected chi connectivity index (χ0v) is 6.46. The third-order valence-corrected chi connectivity index (χ3v) is 1.12. The summed E-state index contributed by atoms with van der Waals surface area (Å²) in [7, 11) is 0. The fourth-order valence-corrected chi connectivity index (χ4v) is 0.517. The first kappa shape index (κ1) is 11.9. The molecule has 0 radical (unpaired) electrons. The molecular weight excluding hydrogens is 143 g/mol. The Morgan fingerprint density at radius 3 is 2.44 bits per heavy atom. The van der Waals surface area contributed by atoms with E-state index < -0.39 is 0 Å². The van der Waals surface area contributed by atoms with Crippen LogP contribution in [0.5, 0.6) is 0 Å². The molecule has 0 bridgehead atoms. The van der Waals surface area contributed by atoms with E-state index in [9.17, 15) is 4.39 Å².